The van der Waals surface area contributed by atoms with Crippen molar-refractivity contribution >= 4 is 27.5 Å². The van der Waals surface area contributed by atoms with Crippen LogP contribution in [0.5, 0.6) is 0 Å². The minimum absolute atomic E-state index is 0.204. The van der Waals surface area contributed by atoms with E-state index in [9.17, 15) is 9.18 Å². The Morgan fingerprint density at radius 2 is 1.92 bits per heavy atom. The van der Waals surface area contributed by atoms with E-state index in [1.807, 2.05) is 25.3 Å². The molecule has 3 rings (SSSR count). The largest absolute Gasteiger partial charge is 0.313 e. The van der Waals surface area contributed by atoms with E-state index in [1.165, 1.54) is 29.0 Å². The first kappa shape index (κ1) is 18.3. The van der Waals surface area contributed by atoms with Crippen molar-refractivity contribution in [3.8, 4) is 0 Å². The van der Waals surface area contributed by atoms with Gasteiger partial charge in [0.05, 0.1) is 16.6 Å². The first-order valence-electron chi connectivity index (χ1n) is 8.43. The predicted octanol–water partition coefficient (Wildman–Crippen LogP) is 4.62. The molecule has 0 N–H and O–H groups in total. The third-order valence-electron chi connectivity index (χ3n) is 4.35. The van der Waals surface area contributed by atoms with Crippen molar-refractivity contribution in [1.29, 1.82) is 0 Å². The smallest absolute Gasteiger partial charge is 0.252 e. The quantitative estimate of drug-likeness (QED) is 0.619. The molecule has 1 heterocycles. The monoisotopic (exact) mass is 368 g/mol. The van der Waals surface area contributed by atoms with Gasteiger partial charge in [-0.1, -0.05) is 35.1 Å². The number of rotatable bonds is 4. The van der Waals surface area contributed by atoms with Gasteiger partial charge in [0.15, 0.2) is 4.80 Å². The van der Waals surface area contributed by atoms with Crippen molar-refractivity contribution in [1.82, 2.24) is 4.57 Å². The average molecular weight is 368 g/mol. The zero-order valence-corrected chi connectivity index (χ0v) is 16.0. The van der Waals surface area contributed by atoms with E-state index >= 15 is 0 Å². The Bertz CT molecular complexity index is 1050. The van der Waals surface area contributed by atoms with Gasteiger partial charge in [0.2, 0.25) is 0 Å². The maximum Gasteiger partial charge on any atom is 0.252 e. The fourth-order valence-corrected chi connectivity index (χ4v) is 4.31. The fraction of sp³-hybridized carbons (Fsp3) is 0.238. The molecule has 0 bridgehead atoms. The van der Waals surface area contributed by atoms with Crippen molar-refractivity contribution in [3.05, 3.63) is 75.9 Å². The summed E-state index contributed by atoms with van der Waals surface area (Å²) in [7, 11) is 0. The Morgan fingerprint density at radius 3 is 2.58 bits per heavy atom. The molecule has 0 aliphatic heterocycles. The van der Waals surface area contributed by atoms with Crippen LogP contribution in [0.1, 0.15) is 22.3 Å². The molecular formula is C21H21FN2OS. The van der Waals surface area contributed by atoms with Gasteiger partial charge in [0, 0.05) is 6.54 Å². The van der Waals surface area contributed by atoms with Crippen LogP contribution in [-0.2, 0) is 17.8 Å². The fourth-order valence-electron chi connectivity index (χ4n) is 3.22. The molecule has 0 radical (unpaired) electrons. The van der Waals surface area contributed by atoms with Crippen molar-refractivity contribution in [3.63, 3.8) is 0 Å². The number of thiazole rings is 1. The van der Waals surface area contributed by atoms with Gasteiger partial charge >= 0.3 is 0 Å². The SMILES string of the molecule is C=CCn1c(=NC(=O)Cc2c(C)cc(C)cc2C)sc2cc(F)ccc21. The van der Waals surface area contributed by atoms with Crippen LogP contribution in [0.3, 0.4) is 0 Å². The first-order valence-corrected chi connectivity index (χ1v) is 9.24. The summed E-state index contributed by atoms with van der Waals surface area (Å²) in [6.07, 6.45) is 2.00. The molecule has 2 aromatic carbocycles. The van der Waals surface area contributed by atoms with Gasteiger partial charge in [0.25, 0.3) is 5.91 Å². The molecule has 0 unspecified atom stereocenters. The van der Waals surface area contributed by atoms with E-state index < -0.39 is 0 Å². The second-order valence-electron chi connectivity index (χ2n) is 6.46. The minimum atomic E-state index is -0.298. The summed E-state index contributed by atoms with van der Waals surface area (Å²) in [6, 6.07) is 8.75. The molecule has 0 atom stereocenters. The highest BCUT2D eigenvalue weighted by Crippen LogP contribution is 2.20. The number of allylic oxidation sites excluding steroid dienone is 1. The molecule has 1 aromatic heterocycles. The van der Waals surface area contributed by atoms with E-state index in [2.05, 4.69) is 23.7 Å². The van der Waals surface area contributed by atoms with Gasteiger partial charge in [-0.2, -0.15) is 4.99 Å². The molecule has 0 saturated carbocycles. The van der Waals surface area contributed by atoms with Crippen LogP contribution in [0, 0.1) is 26.6 Å². The lowest BCUT2D eigenvalue weighted by atomic mass is 9.97. The minimum Gasteiger partial charge on any atom is -0.313 e. The highest BCUT2D eigenvalue weighted by Gasteiger charge is 2.11. The van der Waals surface area contributed by atoms with Crippen LogP contribution < -0.4 is 4.80 Å². The average Bonchev–Trinajstić information content (AvgIpc) is 2.87. The second kappa shape index (κ2) is 7.38. The van der Waals surface area contributed by atoms with Crippen molar-refractivity contribution in [2.75, 3.05) is 0 Å². The summed E-state index contributed by atoms with van der Waals surface area (Å²) in [5.41, 5.74) is 5.26. The molecule has 0 spiro atoms. The molecule has 5 heteroatoms. The molecule has 0 aliphatic carbocycles. The highest BCUT2D eigenvalue weighted by atomic mass is 32.1. The number of hydrogen-bond acceptors (Lipinski definition) is 2. The number of nitrogens with zero attached hydrogens (tertiary/aromatic N) is 2. The van der Waals surface area contributed by atoms with Crippen LogP contribution in [-0.4, -0.2) is 10.5 Å². The van der Waals surface area contributed by atoms with Gasteiger partial charge in [-0.05, 0) is 55.7 Å². The lowest BCUT2D eigenvalue weighted by Gasteiger charge is -2.09. The van der Waals surface area contributed by atoms with Crippen LogP contribution in [0.4, 0.5) is 4.39 Å². The molecule has 1 amide bonds. The van der Waals surface area contributed by atoms with E-state index in [0.29, 0.717) is 11.3 Å². The van der Waals surface area contributed by atoms with E-state index in [1.54, 1.807) is 12.1 Å². The number of halogens is 1. The molecule has 3 nitrogen and oxygen atoms in total. The lowest BCUT2D eigenvalue weighted by molar-refractivity contribution is -0.117. The van der Waals surface area contributed by atoms with Gasteiger partial charge in [-0.15, -0.1) is 6.58 Å². The summed E-state index contributed by atoms with van der Waals surface area (Å²) < 4.78 is 16.2. The molecular weight excluding hydrogens is 347 g/mol. The number of amides is 1. The number of aromatic nitrogens is 1. The topological polar surface area (TPSA) is 34.4 Å². The van der Waals surface area contributed by atoms with Crippen molar-refractivity contribution < 1.29 is 9.18 Å². The summed E-state index contributed by atoms with van der Waals surface area (Å²) >= 11 is 1.32. The predicted molar refractivity (Wildman–Crippen MR) is 105 cm³/mol. The Morgan fingerprint density at radius 1 is 1.23 bits per heavy atom. The molecule has 0 fully saturated rings. The zero-order chi connectivity index (χ0) is 18.8. The maximum atomic E-state index is 13.5. The van der Waals surface area contributed by atoms with E-state index in [-0.39, 0.29) is 18.1 Å². The number of carbonyl (C=O) groups excluding carboxylic acids is 1. The van der Waals surface area contributed by atoms with Gasteiger partial charge < -0.3 is 4.57 Å². The van der Waals surface area contributed by atoms with Gasteiger partial charge in [0.1, 0.15) is 5.82 Å². The van der Waals surface area contributed by atoms with Crippen molar-refractivity contribution in [2.45, 2.75) is 33.7 Å². The normalized spacial score (nSPS) is 11.9. The number of hydrogen-bond donors (Lipinski definition) is 0. The Labute approximate surface area is 156 Å². The number of benzene rings is 2. The second-order valence-corrected chi connectivity index (χ2v) is 7.46. The highest BCUT2D eigenvalue weighted by molar-refractivity contribution is 7.16. The molecule has 26 heavy (non-hydrogen) atoms. The summed E-state index contributed by atoms with van der Waals surface area (Å²) in [4.78, 5) is 17.5. The van der Waals surface area contributed by atoms with Crippen LogP contribution in [0.15, 0.2) is 48.0 Å². The van der Waals surface area contributed by atoms with Gasteiger partial charge in [-0.3, -0.25) is 4.79 Å². The third kappa shape index (κ3) is 3.68. The first-order chi connectivity index (χ1) is 12.4. The molecule has 0 aliphatic rings. The van der Waals surface area contributed by atoms with Crippen molar-refractivity contribution in [2.24, 2.45) is 4.99 Å². The standard InChI is InChI=1S/C21H21FN2OS/c1-5-8-24-18-7-6-16(22)11-19(18)26-21(24)23-20(25)12-17-14(3)9-13(2)10-15(17)4/h5-7,9-11H,1,8,12H2,2-4H3. The number of fused-ring (bicyclic) bond motifs is 1. The summed E-state index contributed by atoms with van der Waals surface area (Å²) in [5, 5.41) is 0. The zero-order valence-electron chi connectivity index (χ0n) is 15.2. The number of carbonyl (C=O) groups is 1. The maximum absolute atomic E-state index is 13.5. The number of aryl methyl sites for hydroxylation is 3. The van der Waals surface area contributed by atoms with Crippen LogP contribution in [0.2, 0.25) is 0 Å². The molecule has 3 aromatic rings. The van der Waals surface area contributed by atoms with Crippen LogP contribution in [0.25, 0.3) is 10.2 Å². The Kier molecular flexibility index (Phi) is 5.18. The van der Waals surface area contributed by atoms with Crippen LogP contribution >= 0.6 is 11.3 Å². The van der Waals surface area contributed by atoms with E-state index in [0.717, 1.165) is 26.9 Å². The van der Waals surface area contributed by atoms with Gasteiger partial charge in [-0.25, -0.2) is 4.39 Å². The Balaban J connectivity index is 2.03. The molecule has 0 saturated heterocycles. The molecule has 134 valence electrons. The lowest BCUT2D eigenvalue weighted by Crippen LogP contribution is -2.17. The summed E-state index contributed by atoms with van der Waals surface area (Å²) in [6.45, 7) is 10.4. The third-order valence-corrected chi connectivity index (χ3v) is 5.39. The Hall–Kier alpha value is -2.53. The summed E-state index contributed by atoms with van der Waals surface area (Å²) in [5.74, 6) is -0.502. The van der Waals surface area contributed by atoms with E-state index in [4.69, 9.17) is 0 Å².